The lowest BCUT2D eigenvalue weighted by atomic mass is 10.0. The molecule has 0 aliphatic carbocycles. The number of benzene rings is 3. The Kier molecular flexibility index (Phi) is 6.55. The number of urea groups is 1. The van der Waals surface area contributed by atoms with Gasteiger partial charge in [-0.15, -0.1) is 0 Å². The molecule has 40 heavy (non-hydrogen) atoms. The summed E-state index contributed by atoms with van der Waals surface area (Å²) in [5, 5.41) is 7.55. The number of aryl methyl sites for hydroxylation is 1. The van der Waals surface area contributed by atoms with Gasteiger partial charge >= 0.3 is 6.03 Å². The fourth-order valence-corrected chi connectivity index (χ4v) is 5.29. The minimum atomic E-state index is -0.724. The van der Waals surface area contributed by atoms with E-state index in [9.17, 15) is 13.6 Å². The van der Waals surface area contributed by atoms with Crippen LogP contribution in [0.3, 0.4) is 0 Å². The highest BCUT2D eigenvalue weighted by molar-refractivity contribution is 5.90. The van der Waals surface area contributed by atoms with Gasteiger partial charge in [0.25, 0.3) is 0 Å². The number of nitrogens with zero attached hydrogens (tertiary/aromatic N) is 4. The number of hydrogen-bond donors (Lipinski definition) is 1. The lowest BCUT2D eigenvalue weighted by Crippen LogP contribution is -2.38. The number of carbonyl (C=O) groups excluding carboxylic acids is 1. The molecule has 0 bridgehead atoms. The summed E-state index contributed by atoms with van der Waals surface area (Å²) < 4.78 is 38.0. The Morgan fingerprint density at radius 3 is 2.62 bits per heavy atom. The Bertz CT molecular complexity index is 1700. The number of nitrogens with one attached hydrogen (secondary N) is 1. The molecule has 1 N–H and O–H groups in total. The molecule has 202 valence electrons. The van der Waals surface area contributed by atoms with Crippen LogP contribution in [0.2, 0.25) is 0 Å². The molecule has 7 nitrogen and oxygen atoms in total. The van der Waals surface area contributed by atoms with E-state index in [0.717, 1.165) is 52.2 Å². The zero-order chi connectivity index (χ0) is 27.8. The number of hydrogen-bond acceptors (Lipinski definition) is 3. The summed E-state index contributed by atoms with van der Waals surface area (Å²) in [5.74, 6) is 0.0879. The normalized spacial score (nSPS) is 14.3. The number of anilines is 1. The van der Waals surface area contributed by atoms with E-state index < -0.39 is 23.7 Å². The summed E-state index contributed by atoms with van der Waals surface area (Å²) in [7, 11) is 1.59. The summed E-state index contributed by atoms with van der Waals surface area (Å²) in [6, 6.07) is 23.0. The number of methoxy groups -OCH3 is 1. The van der Waals surface area contributed by atoms with Crippen LogP contribution in [0.15, 0.2) is 91.1 Å². The minimum Gasteiger partial charge on any atom is -0.497 e. The van der Waals surface area contributed by atoms with E-state index in [2.05, 4.69) is 9.88 Å². The Morgan fingerprint density at radius 2 is 1.85 bits per heavy atom. The topological polar surface area (TPSA) is 64.3 Å². The number of fused-ring (bicyclic) bond motifs is 3. The van der Waals surface area contributed by atoms with Gasteiger partial charge in [0.15, 0.2) is 0 Å². The fourth-order valence-electron chi connectivity index (χ4n) is 5.29. The lowest BCUT2D eigenvalue weighted by Gasteiger charge is -2.31. The molecule has 0 radical (unpaired) electrons. The zero-order valence-corrected chi connectivity index (χ0v) is 22.0. The molecule has 1 aliphatic rings. The van der Waals surface area contributed by atoms with E-state index >= 15 is 0 Å². The second kappa shape index (κ2) is 10.3. The van der Waals surface area contributed by atoms with E-state index in [4.69, 9.17) is 9.84 Å². The molecule has 5 aromatic rings. The van der Waals surface area contributed by atoms with Gasteiger partial charge in [0, 0.05) is 17.8 Å². The van der Waals surface area contributed by atoms with Gasteiger partial charge in [0.05, 0.1) is 42.5 Å². The van der Waals surface area contributed by atoms with Gasteiger partial charge in [-0.2, -0.15) is 5.10 Å². The van der Waals surface area contributed by atoms with Gasteiger partial charge in [-0.05, 0) is 60.5 Å². The molecule has 6 rings (SSSR count). The number of amides is 2. The molecular weight excluding hydrogens is 512 g/mol. The third kappa shape index (κ3) is 4.39. The Labute approximate surface area is 230 Å². The second-order valence-electron chi connectivity index (χ2n) is 9.51. The van der Waals surface area contributed by atoms with Crippen molar-refractivity contribution in [3.8, 4) is 17.3 Å². The van der Waals surface area contributed by atoms with Crippen LogP contribution in [0.1, 0.15) is 35.5 Å². The average Bonchev–Trinajstić information content (AvgIpc) is 3.56. The van der Waals surface area contributed by atoms with Gasteiger partial charge in [0.1, 0.15) is 23.2 Å². The van der Waals surface area contributed by atoms with Crippen LogP contribution in [0.4, 0.5) is 19.3 Å². The third-order valence-corrected chi connectivity index (χ3v) is 7.14. The molecule has 3 aromatic carbocycles. The first-order chi connectivity index (χ1) is 19.5. The van der Waals surface area contributed by atoms with Crippen LogP contribution in [-0.4, -0.2) is 32.4 Å². The molecule has 2 amide bonds. The number of halogens is 2. The van der Waals surface area contributed by atoms with E-state index in [1.807, 2.05) is 84.5 Å². The summed E-state index contributed by atoms with van der Waals surface area (Å²) in [6.07, 6.45) is 2.59. The number of aromatic nitrogens is 3. The standard InChI is InChI=1S/C31H27F2N5O2/c1-3-26-24-19-37(31(39)34-27-18-21(32)14-15-25(27)33)29(20-9-7-12-23(17-20)40-2)28-13-8-16-36(28)30(24)38(35-26)22-10-5-4-6-11-22/h4-18,29H,3,19H2,1-2H3,(H,34,39). The van der Waals surface area contributed by atoms with E-state index in [0.29, 0.717) is 12.2 Å². The van der Waals surface area contributed by atoms with Crippen molar-refractivity contribution in [1.82, 2.24) is 19.2 Å². The van der Waals surface area contributed by atoms with E-state index in [1.54, 1.807) is 12.0 Å². The Morgan fingerprint density at radius 1 is 1.02 bits per heavy atom. The van der Waals surface area contributed by atoms with Gasteiger partial charge in [-0.3, -0.25) is 0 Å². The summed E-state index contributed by atoms with van der Waals surface area (Å²) in [6.45, 7) is 2.20. The quantitative estimate of drug-likeness (QED) is 0.272. The Balaban J connectivity index is 1.56. The first-order valence-corrected chi connectivity index (χ1v) is 13.0. The first-order valence-electron chi connectivity index (χ1n) is 13.0. The van der Waals surface area contributed by atoms with Crippen molar-refractivity contribution in [2.24, 2.45) is 0 Å². The molecule has 2 aromatic heterocycles. The van der Waals surface area contributed by atoms with Crippen molar-refractivity contribution >= 4 is 11.7 Å². The van der Waals surface area contributed by atoms with Crippen molar-refractivity contribution in [1.29, 1.82) is 0 Å². The largest absolute Gasteiger partial charge is 0.497 e. The Hall–Kier alpha value is -4.92. The summed E-state index contributed by atoms with van der Waals surface area (Å²) in [5.41, 5.74) is 3.96. The average molecular weight is 540 g/mol. The fraction of sp³-hybridized carbons (Fsp3) is 0.161. The minimum absolute atomic E-state index is 0.178. The van der Waals surface area contributed by atoms with Gasteiger partial charge in [-0.25, -0.2) is 18.3 Å². The van der Waals surface area contributed by atoms with E-state index in [-0.39, 0.29) is 12.2 Å². The van der Waals surface area contributed by atoms with Crippen molar-refractivity contribution in [3.05, 3.63) is 125 Å². The maximum Gasteiger partial charge on any atom is 0.323 e. The van der Waals surface area contributed by atoms with Crippen molar-refractivity contribution in [2.45, 2.75) is 25.9 Å². The second-order valence-corrected chi connectivity index (χ2v) is 9.51. The molecule has 3 heterocycles. The predicted molar refractivity (Wildman–Crippen MR) is 148 cm³/mol. The third-order valence-electron chi connectivity index (χ3n) is 7.14. The SMILES string of the molecule is CCc1nn(-c2ccccc2)c2c1CN(C(=O)Nc1cc(F)ccc1F)C(c1cccc(OC)c1)c1cccn1-2. The molecule has 9 heteroatoms. The lowest BCUT2D eigenvalue weighted by molar-refractivity contribution is 0.194. The molecule has 1 unspecified atom stereocenters. The van der Waals surface area contributed by atoms with Gasteiger partial charge < -0.3 is 19.5 Å². The van der Waals surface area contributed by atoms with Gasteiger partial charge in [0.2, 0.25) is 0 Å². The number of carbonyl (C=O) groups is 1. The van der Waals surface area contributed by atoms with Crippen LogP contribution in [-0.2, 0) is 13.0 Å². The summed E-state index contributed by atoms with van der Waals surface area (Å²) >= 11 is 0. The van der Waals surface area contributed by atoms with Crippen LogP contribution in [0.5, 0.6) is 5.75 Å². The number of rotatable bonds is 5. The van der Waals surface area contributed by atoms with Crippen LogP contribution < -0.4 is 10.1 Å². The molecule has 0 saturated heterocycles. The number of ether oxygens (including phenoxy) is 1. The predicted octanol–water partition coefficient (Wildman–Crippen LogP) is 6.65. The molecule has 0 fully saturated rings. The smallest absolute Gasteiger partial charge is 0.323 e. The van der Waals surface area contributed by atoms with Crippen LogP contribution in [0.25, 0.3) is 11.5 Å². The van der Waals surface area contributed by atoms with Crippen molar-refractivity contribution in [3.63, 3.8) is 0 Å². The molecule has 0 spiro atoms. The number of para-hydroxylation sites is 1. The highest BCUT2D eigenvalue weighted by atomic mass is 19.1. The molecule has 0 saturated carbocycles. The highest BCUT2D eigenvalue weighted by Gasteiger charge is 2.36. The van der Waals surface area contributed by atoms with Crippen LogP contribution in [0, 0.1) is 11.6 Å². The van der Waals surface area contributed by atoms with Crippen LogP contribution >= 0.6 is 0 Å². The monoisotopic (exact) mass is 539 g/mol. The first kappa shape index (κ1) is 25.4. The van der Waals surface area contributed by atoms with Gasteiger partial charge in [-0.1, -0.05) is 37.3 Å². The van der Waals surface area contributed by atoms with Crippen molar-refractivity contribution < 1.29 is 18.3 Å². The van der Waals surface area contributed by atoms with Crippen molar-refractivity contribution in [2.75, 3.05) is 12.4 Å². The summed E-state index contributed by atoms with van der Waals surface area (Å²) in [4.78, 5) is 15.6. The maximum absolute atomic E-state index is 14.6. The van der Waals surface area contributed by atoms with E-state index in [1.165, 1.54) is 0 Å². The molecular formula is C31H27F2N5O2. The highest BCUT2D eigenvalue weighted by Crippen LogP contribution is 2.39. The molecule has 1 atom stereocenters. The molecule has 1 aliphatic heterocycles. The maximum atomic E-state index is 14.6. The zero-order valence-electron chi connectivity index (χ0n) is 22.0.